The molecule has 2 aliphatic rings. The number of benzene rings is 1. The Morgan fingerprint density at radius 1 is 1.06 bits per heavy atom. The van der Waals surface area contributed by atoms with E-state index in [4.69, 9.17) is 0 Å². The van der Waals surface area contributed by atoms with Crippen molar-refractivity contribution in [3.63, 3.8) is 0 Å². The van der Waals surface area contributed by atoms with Gasteiger partial charge in [0.1, 0.15) is 18.2 Å². The topological polar surface area (TPSA) is 73.1 Å². The summed E-state index contributed by atoms with van der Waals surface area (Å²) in [7, 11) is 0. The summed E-state index contributed by atoms with van der Waals surface area (Å²) in [6.45, 7) is 6.38. The molecule has 0 heterocycles. The molecular formula is C28H43NO3. The van der Waals surface area contributed by atoms with Gasteiger partial charge in [-0.25, -0.2) is 0 Å². The molecule has 2 fully saturated rings. The Bertz CT molecular complexity index is 784. The van der Waals surface area contributed by atoms with Crippen molar-refractivity contribution in [2.75, 3.05) is 6.73 Å². The Morgan fingerprint density at radius 3 is 2.31 bits per heavy atom. The molecule has 2 aliphatic carbocycles. The molecule has 0 spiro atoms. The van der Waals surface area contributed by atoms with Crippen molar-refractivity contribution >= 4 is 5.71 Å². The van der Waals surface area contributed by atoms with Gasteiger partial charge < -0.3 is 15.3 Å². The second-order valence-corrected chi connectivity index (χ2v) is 9.95. The maximum absolute atomic E-state index is 11.2. The lowest BCUT2D eigenvalue weighted by atomic mass is 9.67. The van der Waals surface area contributed by atoms with Crippen molar-refractivity contribution in [3.05, 3.63) is 35.4 Å². The number of hydrogen-bond donors (Lipinski definition) is 3. The van der Waals surface area contributed by atoms with Gasteiger partial charge in [0.15, 0.2) is 0 Å². The molecule has 3 rings (SSSR count). The molecule has 0 amide bonds. The van der Waals surface area contributed by atoms with E-state index in [0.29, 0.717) is 23.8 Å². The fourth-order valence-electron chi connectivity index (χ4n) is 6.18. The first-order chi connectivity index (χ1) is 15.5. The molecular weight excluding hydrogens is 398 g/mol. The number of aliphatic imine (C=N–C) groups is 1. The first-order valence-electron chi connectivity index (χ1n) is 12.9. The largest absolute Gasteiger partial charge is 0.508 e. The summed E-state index contributed by atoms with van der Waals surface area (Å²) in [6, 6.07) is 3.85. The van der Waals surface area contributed by atoms with Gasteiger partial charge in [-0.2, -0.15) is 0 Å². The van der Waals surface area contributed by atoms with Gasteiger partial charge in [0.05, 0.1) is 0 Å². The second kappa shape index (κ2) is 11.4. The molecule has 178 valence electrons. The third-order valence-corrected chi connectivity index (χ3v) is 8.09. The Kier molecular flexibility index (Phi) is 8.81. The fourth-order valence-corrected chi connectivity index (χ4v) is 6.18. The molecule has 0 unspecified atom stereocenters. The lowest BCUT2D eigenvalue weighted by Crippen LogP contribution is -2.31. The van der Waals surface area contributed by atoms with Gasteiger partial charge in [0.2, 0.25) is 0 Å². The summed E-state index contributed by atoms with van der Waals surface area (Å²) >= 11 is 0. The molecule has 32 heavy (non-hydrogen) atoms. The molecule has 0 radical (unpaired) electrons. The molecule has 4 nitrogen and oxygen atoms in total. The van der Waals surface area contributed by atoms with E-state index in [9.17, 15) is 15.3 Å². The Balaban J connectivity index is 1.95. The number of allylic oxidation sites excluding steroid dienone is 2. The van der Waals surface area contributed by atoms with Crippen LogP contribution in [0.3, 0.4) is 0 Å². The van der Waals surface area contributed by atoms with Gasteiger partial charge in [-0.15, -0.1) is 0 Å². The summed E-state index contributed by atoms with van der Waals surface area (Å²) < 4.78 is 0. The summed E-state index contributed by atoms with van der Waals surface area (Å²) in [5.41, 5.74) is 2.66. The van der Waals surface area contributed by atoms with Crippen molar-refractivity contribution in [1.29, 1.82) is 0 Å². The number of hydrogen-bond acceptors (Lipinski definition) is 4. The highest BCUT2D eigenvalue weighted by molar-refractivity contribution is 5.88. The van der Waals surface area contributed by atoms with E-state index in [-0.39, 0.29) is 29.6 Å². The van der Waals surface area contributed by atoms with Gasteiger partial charge in [0, 0.05) is 16.7 Å². The number of rotatable bonds is 9. The van der Waals surface area contributed by atoms with Gasteiger partial charge in [-0.1, -0.05) is 65.0 Å². The molecule has 0 aliphatic heterocycles. The third kappa shape index (κ3) is 5.22. The van der Waals surface area contributed by atoms with Crippen LogP contribution in [0.25, 0.3) is 0 Å². The first kappa shape index (κ1) is 24.8. The normalized spacial score (nSPS) is 26.9. The molecule has 0 bridgehead atoms. The lowest BCUT2D eigenvalue weighted by molar-refractivity contribution is 0.288. The minimum Gasteiger partial charge on any atom is -0.508 e. The number of nitrogens with zero attached hydrogens (tertiary/aromatic N) is 1. The molecule has 0 saturated heterocycles. The number of unbranched alkanes of at least 4 members (excludes halogenated alkanes) is 2. The van der Waals surface area contributed by atoms with E-state index < -0.39 is 0 Å². The maximum atomic E-state index is 11.2. The van der Waals surface area contributed by atoms with Crippen LogP contribution in [-0.4, -0.2) is 27.8 Å². The molecule has 2 saturated carbocycles. The van der Waals surface area contributed by atoms with Crippen molar-refractivity contribution in [2.24, 2.45) is 16.8 Å². The molecule has 1 aromatic rings. The van der Waals surface area contributed by atoms with Crippen LogP contribution in [0.1, 0.15) is 108 Å². The van der Waals surface area contributed by atoms with Crippen LogP contribution < -0.4 is 0 Å². The van der Waals surface area contributed by atoms with Crippen LogP contribution in [-0.2, 0) is 5.41 Å². The lowest BCUT2D eigenvalue weighted by Gasteiger charge is -2.38. The predicted octanol–water partition coefficient (Wildman–Crippen LogP) is 6.98. The van der Waals surface area contributed by atoms with Gasteiger partial charge in [-0.3, -0.25) is 4.99 Å². The predicted molar refractivity (Wildman–Crippen MR) is 133 cm³/mol. The molecule has 1 aromatic carbocycles. The first-order valence-corrected chi connectivity index (χ1v) is 12.9. The zero-order chi connectivity index (χ0) is 23.1. The van der Waals surface area contributed by atoms with Gasteiger partial charge in [-0.05, 0) is 74.0 Å². The van der Waals surface area contributed by atoms with Crippen LogP contribution >= 0.6 is 0 Å². The van der Waals surface area contributed by atoms with E-state index in [2.05, 4.69) is 37.9 Å². The molecule has 0 aromatic heterocycles. The molecule has 3 atom stereocenters. The fraction of sp³-hybridized carbons (Fsp3) is 0.679. The average Bonchev–Trinajstić information content (AvgIpc) is 3.27. The third-order valence-electron chi connectivity index (χ3n) is 8.09. The monoisotopic (exact) mass is 441 g/mol. The SMILES string of the molecule is CCCC/C=C\C1(c2cc(O)c([C@@H]3C/C(=N\CO)[C@@H](CC)C[C@H]3CC)c(O)c2)CCCC1. The maximum Gasteiger partial charge on any atom is 0.134 e. The second-order valence-electron chi connectivity index (χ2n) is 9.95. The minimum absolute atomic E-state index is 0.0294. The average molecular weight is 442 g/mol. The van der Waals surface area contributed by atoms with E-state index in [1.54, 1.807) is 0 Å². The highest BCUT2D eigenvalue weighted by atomic mass is 16.3. The van der Waals surface area contributed by atoms with Crippen LogP contribution in [0, 0.1) is 11.8 Å². The standard InChI is InChI=1S/C28H43NO3/c1-4-7-8-9-12-28(13-10-11-14-28)22-16-25(31)27(26(32)17-22)23-18-24(29-19-30)21(6-3)15-20(23)5-2/h9,12,16-17,20-21,23,30-32H,4-8,10-11,13-15,18-19H2,1-3H3/b12-9-,29-24+/t20-,21+,23-/m1/s1. The quantitative estimate of drug-likeness (QED) is 0.286. The van der Waals surface area contributed by atoms with Crippen LogP contribution in [0.5, 0.6) is 11.5 Å². The summed E-state index contributed by atoms with van der Waals surface area (Å²) in [5.74, 6) is 1.23. The molecule has 4 heteroatoms. The number of phenolic OH excluding ortho intramolecular Hbond substituents is 2. The minimum atomic E-state index is -0.195. The Morgan fingerprint density at radius 2 is 1.75 bits per heavy atom. The highest BCUT2D eigenvalue weighted by Crippen LogP contribution is 2.51. The number of aromatic hydroxyl groups is 2. The van der Waals surface area contributed by atoms with Gasteiger partial charge >= 0.3 is 0 Å². The number of phenols is 2. The smallest absolute Gasteiger partial charge is 0.134 e. The Hall–Kier alpha value is -1.81. The summed E-state index contributed by atoms with van der Waals surface area (Å²) in [6.07, 6.45) is 16.3. The van der Waals surface area contributed by atoms with E-state index in [1.165, 1.54) is 25.7 Å². The Labute approximate surface area is 194 Å². The van der Waals surface area contributed by atoms with Crippen molar-refractivity contribution < 1.29 is 15.3 Å². The van der Waals surface area contributed by atoms with Gasteiger partial charge in [0.25, 0.3) is 0 Å². The van der Waals surface area contributed by atoms with Crippen molar-refractivity contribution in [2.45, 2.75) is 103 Å². The number of aliphatic hydroxyl groups excluding tert-OH is 1. The van der Waals surface area contributed by atoms with Crippen molar-refractivity contribution in [1.82, 2.24) is 0 Å². The van der Waals surface area contributed by atoms with Crippen LogP contribution in [0.15, 0.2) is 29.3 Å². The number of aliphatic hydroxyl groups is 1. The summed E-state index contributed by atoms with van der Waals surface area (Å²) in [5, 5.41) is 31.8. The van der Waals surface area contributed by atoms with E-state index in [0.717, 1.165) is 49.8 Å². The van der Waals surface area contributed by atoms with Crippen molar-refractivity contribution in [3.8, 4) is 11.5 Å². The summed E-state index contributed by atoms with van der Waals surface area (Å²) in [4.78, 5) is 4.38. The highest BCUT2D eigenvalue weighted by Gasteiger charge is 2.38. The van der Waals surface area contributed by atoms with E-state index in [1.807, 2.05) is 12.1 Å². The zero-order valence-corrected chi connectivity index (χ0v) is 20.3. The van der Waals surface area contributed by atoms with Crippen LogP contribution in [0.2, 0.25) is 0 Å². The zero-order valence-electron chi connectivity index (χ0n) is 20.3. The van der Waals surface area contributed by atoms with E-state index >= 15 is 0 Å². The van der Waals surface area contributed by atoms with Crippen LogP contribution in [0.4, 0.5) is 0 Å². The molecule has 3 N–H and O–H groups in total.